The lowest BCUT2D eigenvalue weighted by Crippen LogP contribution is -1.83. The van der Waals surface area contributed by atoms with Crippen LogP contribution in [-0.2, 0) is 0 Å². The van der Waals surface area contributed by atoms with Gasteiger partial charge in [-0.15, -0.1) is 11.3 Å². The molecular formula is C20H11N3S. The average molecular weight is 325 g/mol. The van der Waals surface area contributed by atoms with Crippen molar-refractivity contribution in [3.05, 3.63) is 77.2 Å². The molecular weight excluding hydrogens is 314 g/mol. The lowest BCUT2D eigenvalue weighted by molar-refractivity contribution is 1.32. The molecule has 4 rings (SSSR count). The maximum Gasteiger partial charge on any atom is 0.188 e. The Morgan fingerprint density at radius 1 is 1.08 bits per heavy atom. The molecule has 1 aromatic heterocycles. The second-order valence-corrected chi connectivity index (χ2v) is 6.56. The van der Waals surface area contributed by atoms with Gasteiger partial charge in [-0.1, -0.05) is 36.4 Å². The average Bonchev–Trinajstić information content (AvgIpc) is 3.27. The van der Waals surface area contributed by atoms with Gasteiger partial charge in [-0.05, 0) is 29.3 Å². The van der Waals surface area contributed by atoms with Gasteiger partial charge in [0.2, 0.25) is 0 Å². The molecule has 24 heavy (non-hydrogen) atoms. The van der Waals surface area contributed by atoms with Crippen molar-refractivity contribution in [1.29, 1.82) is 5.26 Å². The molecule has 0 aliphatic heterocycles. The predicted molar refractivity (Wildman–Crippen MR) is 97.6 cm³/mol. The number of hydrogen-bond acceptors (Lipinski definition) is 3. The highest BCUT2D eigenvalue weighted by molar-refractivity contribution is 7.21. The van der Waals surface area contributed by atoms with Crippen LogP contribution in [0, 0.1) is 17.9 Å². The molecule has 0 bridgehead atoms. The molecule has 1 heterocycles. The molecule has 0 amide bonds. The monoisotopic (exact) mass is 325 g/mol. The van der Waals surface area contributed by atoms with E-state index in [-0.39, 0.29) is 0 Å². The van der Waals surface area contributed by atoms with Crippen LogP contribution < -0.4 is 0 Å². The number of allylic oxidation sites excluding steroid dienone is 4. The minimum atomic E-state index is 0.641. The summed E-state index contributed by atoms with van der Waals surface area (Å²) < 4.78 is 1.03. The molecule has 0 atom stereocenters. The number of fused-ring (bicyclic) bond motifs is 1. The zero-order valence-electron chi connectivity index (χ0n) is 12.7. The highest BCUT2D eigenvalue weighted by atomic mass is 32.1. The van der Waals surface area contributed by atoms with E-state index in [1.807, 2.05) is 24.3 Å². The molecule has 0 radical (unpaired) electrons. The smallest absolute Gasteiger partial charge is 0.188 e. The number of nitriles is 1. The molecule has 1 aliphatic carbocycles. The van der Waals surface area contributed by atoms with Crippen LogP contribution in [0.5, 0.6) is 0 Å². The SMILES string of the molecule is [C-]#[N+]c1ccc2nc(-c3ccc(C4=CC=C(C#N)C4)cc3)sc2c1. The van der Waals surface area contributed by atoms with Gasteiger partial charge in [-0.2, -0.15) is 5.26 Å². The Balaban J connectivity index is 1.64. The van der Waals surface area contributed by atoms with E-state index >= 15 is 0 Å². The summed E-state index contributed by atoms with van der Waals surface area (Å²) in [5.41, 5.74) is 5.74. The first-order valence-corrected chi connectivity index (χ1v) is 8.27. The van der Waals surface area contributed by atoms with Gasteiger partial charge in [0, 0.05) is 22.3 Å². The summed E-state index contributed by atoms with van der Waals surface area (Å²) in [6.07, 6.45) is 4.60. The first-order valence-electron chi connectivity index (χ1n) is 7.45. The first-order chi connectivity index (χ1) is 11.8. The summed E-state index contributed by atoms with van der Waals surface area (Å²) in [5.74, 6) is 0. The van der Waals surface area contributed by atoms with Gasteiger partial charge in [-0.3, -0.25) is 0 Å². The summed E-state index contributed by atoms with van der Waals surface area (Å²) in [6.45, 7) is 7.10. The molecule has 0 spiro atoms. The lowest BCUT2D eigenvalue weighted by Gasteiger charge is -2.03. The highest BCUT2D eigenvalue weighted by Crippen LogP contribution is 2.34. The van der Waals surface area contributed by atoms with Gasteiger partial charge in [0.1, 0.15) is 5.01 Å². The van der Waals surface area contributed by atoms with Gasteiger partial charge < -0.3 is 0 Å². The molecule has 0 saturated heterocycles. The van der Waals surface area contributed by atoms with E-state index in [9.17, 15) is 0 Å². The number of rotatable bonds is 2. The number of benzene rings is 2. The zero-order chi connectivity index (χ0) is 16.5. The van der Waals surface area contributed by atoms with Crippen molar-refractivity contribution in [3.8, 4) is 16.6 Å². The van der Waals surface area contributed by atoms with Crippen molar-refractivity contribution in [2.24, 2.45) is 0 Å². The molecule has 1 aliphatic rings. The van der Waals surface area contributed by atoms with E-state index in [2.05, 4.69) is 40.2 Å². The Labute approximate surface area is 143 Å². The second-order valence-electron chi connectivity index (χ2n) is 5.53. The topological polar surface area (TPSA) is 41.0 Å². The van der Waals surface area contributed by atoms with Crippen LogP contribution in [0.3, 0.4) is 0 Å². The van der Waals surface area contributed by atoms with E-state index in [0.29, 0.717) is 12.1 Å². The van der Waals surface area contributed by atoms with Gasteiger partial charge in [0.15, 0.2) is 5.69 Å². The number of nitrogens with zero attached hydrogens (tertiary/aromatic N) is 3. The van der Waals surface area contributed by atoms with Gasteiger partial charge >= 0.3 is 0 Å². The Hall–Kier alpha value is -3.21. The van der Waals surface area contributed by atoms with Crippen molar-refractivity contribution in [1.82, 2.24) is 4.98 Å². The van der Waals surface area contributed by atoms with Crippen molar-refractivity contribution in [2.45, 2.75) is 6.42 Å². The van der Waals surface area contributed by atoms with E-state index in [1.54, 1.807) is 17.4 Å². The summed E-state index contributed by atoms with van der Waals surface area (Å²) in [7, 11) is 0. The third-order valence-electron chi connectivity index (χ3n) is 4.01. The van der Waals surface area contributed by atoms with E-state index in [1.165, 1.54) is 5.57 Å². The van der Waals surface area contributed by atoms with Gasteiger partial charge in [-0.25, -0.2) is 9.83 Å². The third-order valence-corrected chi connectivity index (χ3v) is 5.08. The fourth-order valence-electron chi connectivity index (χ4n) is 2.73. The fraction of sp³-hybridized carbons (Fsp3) is 0.0500. The van der Waals surface area contributed by atoms with Gasteiger partial charge in [0.25, 0.3) is 0 Å². The summed E-state index contributed by atoms with van der Waals surface area (Å²) in [4.78, 5) is 8.12. The standard InChI is InChI=1S/C20H11N3S/c1-22-17-8-9-18-19(11-17)24-20(23-18)15-6-4-14(5-7-15)16-3-2-13(10-16)12-21/h2-9,11H,10H2. The predicted octanol–water partition coefficient (Wildman–Crippen LogP) is 5.75. The summed E-state index contributed by atoms with van der Waals surface area (Å²) >= 11 is 1.60. The van der Waals surface area contributed by atoms with Crippen molar-refractivity contribution < 1.29 is 0 Å². The van der Waals surface area contributed by atoms with Crippen LogP contribution >= 0.6 is 11.3 Å². The molecule has 0 fully saturated rings. The quantitative estimate of drug-likeness (QED) is 0.563. The normalized spacial score (nSPS) is 13.2. The Morgan fingerprint density at radius 2 is 1.88 bits per heavy atom. The Morgan fingerprint density at radius 3 is 2.58 bits per heavy atom. The molecule has 112 valence electrons. The molecule has 0 saturated carbocycles. The molecule has 3 nitrogen and oxygen atoms in total. The van der Waals surface area contributed by atoms with Crippen LogP contribution in [0.15, 0.2) is 60.2 Å². The second kappa shape index (κ2) is 5.77. The molecule has 4 heteroatoms. The zero-order valence-corrected chi connectivity index (χ0v) is 13.5. The minimum absolute atomic E-state index is 0.641. The van der Waals surface area contributed by atoms with Crippen molar-refractivity contribution >= 4 is 32.8 Å². The van der Waals surface area contributed by atoms with Gasteiger partial charge in [0.05, 0.1) is 18.2 Å². The largest absolute Gasteiger partial charge is 0.238 e. The van der Waals surface area contributed by atoms with Crippen LogP contribution in [0.2, 0.25) is 0 Å². The van der Waals surface area contributed by atoms with Crippen LogP contribution in [-0.4, -0.2) is 4.98 Å². The summed E-state index contributed by atoms with van der Waals surface area (Å²) in [5, 5.41) is 9.91. The first kappa shape index (κ1) is 14.4. The van der Waals surface area contributed by atoms with E-state index in [0.717, 1.165) is 31.9 Å². The molecule has 0 N–H and O–H groups in total. The molecule has 2 aromatic carbocycles. The molecule has 3 aromatic rings. The fourth-order valence-corrected chi connectivity index (χ4v) is 3.74. The Kier molecular flexibility index (Phi) is 3.46. The minimum Gasteiger partial charge on any atom is -0.238 e. The molecule has 0 unspecified atom stereocenters. The lowest BCUT2D eigenvalue weighted by atomic mass is 10.0. The van der Waals surface area contributed by atoms with Crippen LogP contribution in [0.1, 0.15) is 12.0 Å². The number of aromatic nitrogens is 1. The van der Waals surface area contributed by atoms with E-state index in [4.69, 9.17) is 11.8 Å². The number of hydrogen-bond donors (Lipinski definition) is 0. The van der Waals surface area contributed by atoms with E-state index < -0.39 is 0 Å². The third kappa shape index (κ3) is 2.50. The van der Waals surface area contributed by atoms with Crippen molar-refractivity contribution in [2.75, 3.05) is 0 Å². The Bertz CT molecular complexity index is 1090. The van der Waals surface area contributed by atoms with Crippen LogP contribution in [0.4, 0.5) is 5.69 Å². The maximum atomic E-state index is 8.95. The van der Waals surface area contributed by atoms with Crippen molar-refractivity contribution in [3.63, 3.8) is 0 Å². The summed E-state index contributed by atoms with van der Waals surface area (Å²) in [6, 6.07) is 16.1. The maximum absolute atomic E-state index is 8.95. The highest BCUT2D eigenvalue weighted by Gasteiger charge is 2.11. The number of thiazole rings is 1. The van der Waals surface area contributed by atoms with Crippen LogP contribution in [0.25, 0.3) is 31.2 Å².